The molecule has 0 atom stereocenters. The highest BCUT2D eigenvalue weighted by molar-refractivity contribution is 6.09. The Kier molecular flexibility index (Phi) is 7.51. The molecule has 148 valence electrons. The molecule has 2 aromatic rings. The molecule has 0 aliphatic heterocycles. The quantitative estimate of drug-likeness (QED) is 0.357. The Hall–Kier alpha value is -4.12. The summed E-state index contributed by atoms with van der Waals surface area (Å²) in [5, 5.41) is 23.4. The monoisotopic (exact) mass is 393 g/mol. The van der Waals surface area contributed by atoms with E-state index in [1.165, 1.54) is 18.3 Å². The number of anilines is 2. The first-order valence-corrected chi connectivity index (χ1v) is 8.69. The van der Waals surface area contributed by atoms with Gasteiger partial charge in [-0.15, -0.1) is 0 Å². The van der Waals surface area contributed by atoms with E-state index in [0.29, 0.717) is 11.3 Å². The molecule has 0 aliphatic carbocycles. The van der Waals surface area contributed by atoms with Gasteiger partial charge in [0.25, 0.3) is 5.91 Å². The van der Waals surface area contributed by atoms with E-state index < -0.39 is 17.8 Å². The first kappa shape index (κ1) is 21.2. The smallest absolute Gasteiger partial charge is 0.340 e. The SMILES string of the molecule is CCOC(=O)c1ccccc1NC(=O)/C(C#N)=C\Nc1ccc(CC(=O)O)cc1. The zero-order valence-corrected chi connectivity index (χ0v) is 15.6. The number of carbonyl (C=O) groups is 3. The molecule has 0 aromatic heterocycles. The molecule has 0 unspecified atom stereocenters. The molecule has 8 heteroatoms. The van der Waals surface area contributed by atoms with E-state index in [9.17, 15) is 19.6 Å². The van der Waals surface area contributed by atoms with Crippen molar-refractivity contribution >= 4 is 29.2 Å². The van der Waals surface area contributed by atoms with Gasteiger partial charge in [-0.2, -0.15) is 5.26 Å². The van der Waals surface area contributed by atoms with Gasteiger partial charge in [-0.1, -0.05) is 24.3 Å². The summed E-state index contributed by atoms with van der Waals surface area (Å²) < 4.78 is 4.96. The number of carboxylic acids is 1. The Morgan fingerprint density at radius 3 is 2.45 bits per heavy atom. The number of para-hydroxylation sites is 1. The van der Waals surface area contributed by atoms with E-state index >= 15 is 0 Å². The number of carbonyl (C=O) groups excluding carboxylic acids is 2. The van der Waals surface area contributed by atoms with Crippen LogP contribution in [0.1, 0.15) is 22.8 Å². The fraction of sp³-hybridized carbons (Fsp3) is 0.143. The number of nitrogens with zero attached hydrogens (tertiary/aromatic N) is 1. The van der Waals surface area contributed by atoms with E-state index in [1.807, 2.05) is 0 Å². The Morgan fingerprint density at radius 1 is 1.14 bits per heavy atom. The van der Waals surface area contributed by atoms with E-state index in [2.05, 4.69) is 10.6 Å². The second-order valence-electron chi connectivity index (χ2n) is 5.80. The highest BCUT2D eigenvalue weighted by atomic mass is 16.5. The van der Waals surface area contributed by atoms with E-state index in [-0.39, 0.29) is 29.9 Å². The lowest BCUT2D eigenvalue weighted by molar-refractivity contribution is -0.136. The lowest BCUT2D eigenvalue weighted by Gasteiger charge is -2.10. The minimum absolute atomic E-state index is 0.0954. The van der Waals surface area contributed by atoms with Crippen LogP contribution in [0.15, 0.2) is 60.3 Å². The van der Waals surface area contributed by atoms with E-state index in [1.54, 1.807) is 49.4 Å². The number of nitriles is 1. The first-order valence-electron chi connectivity index (χ1n) is 8.69. The number of esters is 1. The van der Waals surface area contributed by atoms with Crippen molar-refractivity contribution < 1.29 is 24.2 Å². The van der Waals surface area contributed by atoms with Crippen LogP contribution in [-0.2, 0) is 20.7 Å². The average Bonchev–Trinajstić information content (AvgIpc) is 2.70. The van der Waals surface area contributed by atoms with Gasteiger partial charge in [0, 0.05) is 11.9 Å². The minimum atomic E-state index is -0.933. The molecule has 8 nitrogen and oxygen atoms in total. The van der Waals surface area contributed by atoms with E-state index in [0.717, 1.165) is 0 Å². The van der Waals surface area contributed by atoms with Crippen molar-refractivity contribution in [2.45, 2.75) is 13.3 Å². The van der Waals surface area contributed by atoms with Crippen molar-refractivity contribution in [3.8, 4) is 6.07 Å². The third-order valence-corrected chi connectivity index (χ3v) is 3.73. The summed E-state index contributed by atoms with van der Waals surface area (Å²) in [6.45, 7) is 1.87. The van der Waals surface area contributed by atoms with Gasteiger partial charge in [-0.05, 0) is 36.8 Å². The molecule has 1 amide bonds. The molecule has 0 heterocycles. The summed E-state index contributed by atoms with van der Waals surface area (Å²) >= 11 is 0. The number of hydrogen-bond donors (Lipinski definition) is 3. The maximum Gasteiger partial charge on any atom is 0.340 e. The van der Waals surface area contributed by atoms with Gasteiger partial charge < -0.3 is 20.5 Å². The van der Waals surface area contributed by atoms with Crippen LogP contribution in [0.3, 0.4) is 0 Å². The zero-order chi connectivity index (χ0) is 21.2. The summed E-state index contributed by atoms with van der Waals surface area (Å²) in [6.07, 6.45) is 1.14. The number of hydrogen-bond acceptors (Lipinski definition) is 6. The molecule has 0 saturated heterocycles. The van der Waals surface area contributed by atoms with Crippen LogP contribution in [0.5, 0.6) is 0 Å². The van der Waals surface area contributed by atoms with Crippen molar-refractivity contribution in [3.05, 3.63) is 71.4 Å². The summed E-state index contributed by atoms with van der Waals surface area (Å²) in [6, 6.07) is 14.7. The Balaban J connectivity index is 2.10. The van der Waals surface area contributed by atoms with Crippen molar-refractivity contribution in [1.82, 2.24) is 0 Å². The lowest BCUT2D eigenvalue weighted by atomic mass is 10.1. The fourth-order valence-corrected chi connectivity index (χ4v) is 2.37. The molecular weight excluding hydrogens is 374 g/mol. The van der Waals surface area contributed by atoms with Crippen LogP contribution in [0.4, 0.5) is 11.4 Å². The summed E-state index contributed by atoms with van der Waals surface area (Å²) in [5.41, 5.74) is 1.41. The molecule has 0 fully saturated rings. The molecular formula is C21H19N3O5. The van der Waals surface area contributed by atoms with Crippen LogP contribution in [0.2, 0.25) is 0 Å². The second-order valence-corrected chi connectivity index (χ2v) is 5.80. The number of rotatable bonds is 8. The lowest BCUT2D eigenvalue weighted by Crippen LogP contribution is -2.17. The van der Waals surface area contributed by atoms with Crippen molar-refractivity contribution in [2.24, 2.45) is 0 Å². The highest BCUT2D eigenvalue weighted by Gasteiger charge is 2.16. The summed E-state index contributed by atoms with van der Waals surface area (Å²) in [4.78, 5) is 35.1. The van der Waals surface area contributed by atoms with Gasteiger partial charge in [-0.25, -0.2) is 4.79 Å². The van der Waals surface area contributed by atoms with Crippen LogP contribution >= 0.6 is 0 Å². The van der Waals surface area contributed by atoms with Gasteiger partial charge in [0.05, 0.1) is 24.3 Å². The van der Waals surface area contributed by atoms with Crippen LogP contribution < -0.4 is 10.6 Å². The maximum absolute atomic E-state index is 12.4. The third kappa shape index (κ3) is 6.22. The largest absolute Gasteiger partial charge is 0.481 e. The standard InChI is InChI=1S/C21H19N3O5/c1-2-29-21(28)17-5-3-4-6-18(17)24-20(27)15(12-22)13-23-16-9-7-14(8-10-16)11-19(25)26/h3-10,13,23H,2,11H2,1H3,(H,24,27)(H,25,26)/b15-13-. The number of carboxylic acid groups (broad SMARTS) is 1. The van der Waals surface area contributed by atoms with E-state index in [4.69, 9.17) is 9.84 Å². The predicted octanol–water partition coefficient (Wildman–Crippen LogP) is 2.95. The molecule has 0 spiro atoms. The first-order chi connectivity index (χ1) is 13.9. The summed E-state index contributed by atoms with van der Waals surface area (Å²) in [7, 11) is 0. The number of ether oxygens (including phenoxy) is 1. The normalized spacial score (nSPS) is 10.6. The molecule has 0 aliphatic rings. The second kappa shape index (κ2) is 10.3. The number of aliphatic carboxylic acids is 1. The van der Waals surface area contributed by atoms with Gasteiger partial charge in [0.2, 0.25) is 0 Å². The molecule has 0 bridgehead atoms. The number of benzene rings is 2. The Morgan fingerprint density at radius 2 is 1.83 bits per heavy atom. The van der Waals surface area contributed by atoms with Crippen LogP contribution in [-0.4, -0.2) is 29.6 Å². The maximum atomic E-state index is 12.4. The van der Waals surface area contributed by atoms with Gasteiger partial charge in [0.1, 0.15) is 11.6 Å². The molecule has 3 N–H and O–H groups in total. The van der Waals surface area contributed by atoms with Gasteiger partial charge in [0.15, 0.2) is 0 Å². The Bertz CT molecular complexity index is 975. The number of amides is 1. The summed E-state index contributed by atoms with van der Waals surface area (Å²) in [5.74, 6) is -2.21. The highest BCUT2D eigenvalue weighted by Crippen LogP contribution is 2.17. The molecule has 0 saturated carbocycles. The fourth-order valence-electron chi connectivity index (χ4n) is 2.37. The molecule has 2 rings (SSSR count). The van der Waals surface area contributed by atoms with Gasteiger partial charge in [-0.3, -0.25) is 9.59 Å². The minimum Gasteiger partial charge on any atom is -0.481 e. The van der Waals surface area contributed by atoms with Gasteiger partial charge >= 0.3 is 11.9 Å². The van der Waals surface area contributed by atoms with Crippen LogP contribution in [0.25, 0.3) is 0 Å². The average molecular weight is 393 g/mol. The topological polar surface area (TPSA) is 129 Å². The van der Waals surface area contributed by atoms with Crippen molar-refractivity contribution in [3.63, 3.8) is 0 Å². The molecule has 0 radical (unpaired) electrons. The van der Waals surface area contributed by atoms with Crippen LogP contribution in [0, 0.1) is 11.3 Å². The van der Waals surface area contributed by atoms with Crippen molar-refractivity contribution in [1.29, 1.82) is 5.26 Å². The zero-order valence-electron chi connectivity index (χ0n) is 15.6. The Labute approximate surface area is 167 Å². The predicted molar refractivity (Wildman–Crippen MR) is 106 cm³/mol. The number of nitrogens with one attached hydrogen (secondary N) is 2. The molecule has 29 heavy (non-hydrogen) atoms. The van der Waals surface area contributed by atoms with Crippen molar-refractivity contribution in [2.75, 3.05) is 17.2 Å². The third-order valence-electron chi connectivity index (χ3n) is 3.73. The molecule has 2 aromatic carbocycles.